The van der Waals surface area contributed by atoms with Crippen LogP contribution in [-0.4, -0.2) is 40.9 Å². The molecule has 11 heteroatoms. The first-order valence-corrected chi connectivity index (χ1v) is 14.2. The summed E-state index contributed by atoms with van der Waals surface area (Å²) in [6.45, 7) is 3.50. The maximum atomic E-state index is 14.8. The molecule has 5 N–H and O–H groups in total. The van der Waals surface area contributed by atoms with Crippen LogP contribution in [0.2, 0.25) is 0 Å². The normalized spacial score (nSPS) is 15.9. The zero-order valence-electron chi connectivity index (χ0n) is 24.5. The number of carboxylic acid groups (broad SMARTS) is 1. The van der Waals surface area contributed by atoms with Crippen molar-refractivity contribution in [3.05, 3.63) is 120 Å². The van der Waals surface area contributed by atoms with E-state index in [0.717, 1.165) is 0 Å². The number of para-hydroxylation sites is 3. The van der Waals surface area contributed by atoms with E-state index in [1.807, 2.05) is 0 Å². The topological polar surface area (TPSA) is 162 Å². The molecule has 5 amide bonds. The van der Waals surface area contributed by atoms with Crippen LogP contribution in [0.15, 0.2) is 109 Å². The summed E-state index contributed by atoms with van der Waals surface area (Å²) in [7, 11) is 0. The molecule has 11 nitrogen and oxygen atoms in total. The molecule has 0 aliphatic carbocycles. The minimum absolute atomic E-state index is 0.0719. The van der Waals surface area contributed by atoms with Crippen LogP contribution < -0.4 is 26.2 Å². The molecule has 45 heavy (non-hydrogen) atoms. The maximum Gasteiger partial charge on any atom is 0.335 e. The highest BCUT2D eigenvalue weighted by molar-refractivity contribution is 6.25. The van der Waals surface area contributed by atoms with Crippen LogP contribution >= 0.6 is 0 Å². The van der Waals surface area contributed by atoms with Gasteiger partial charge >= 0.3 is 12.0 Å². The lowest BCUT2D eigenvalue weighted by Crippen LogP contribution is -2.65. The maximum absolute atomic E-state index is 14.8. The number of aromatic carboxylic acids is 1. The number of benzene rings is 4. The van der Waals surface area contributed by atoms with Crippen molar-refractivity contribution in [3.8, 4) is 0 Å². The van der Waals surface area contributed by atoms with Gasteiger partial charge in [0.05, 0.1) is 16.9 Å². The summed E-state index contributed by atoms with van der Waals surface area (Å²) < 4.78 is 0. The number of primary amides is 1. The zero-order chi connectivity index (χ0) is 32.3. The van der Waals surface area contributed by atoms with Crippen LogP contribution in [0.25, 0.3) is 0 Å². The van der Waals surface area contributed by atoms with Crippen molar-refractivity contribution < 1.29 is 29.1 Å². The van der Waals surface area contributed by atoms with Gasteiger partial charge in [-0.05, 0) is 53.9 Å². The molecule has 1 aliphatic rings. The molecule has 0 aromatic heterocycles. The largest absolute Gasteiger partial charge is 0.478 e. The summed E-state index contributed by atoms with van der Waals surface area (Å²) in [5.74, 6) is -4.30. The first-order chi connectivity index (χ1) is 21.6. The van der Waals surface area contributed by atoms with E-state index in [2.05, 4.69) is 10.6 Å². The fourth-order valence-electron chi connectivity index (χ4n) is 5.75. The molecule has 0 fully saturated rings. The molecule has 0 spiro atoms. The van der Waals surface area contributed by atoms with Gasteiger partial charge in [-0.3, -0.25) is 24.2 Å². The van der Waals surface area contributed by atoms with Crippen molar-refractivity contribution in [3.63, 3.8) is 0 Å². The molecule has 1 heterocycles. The lowest BCUT2D eigenvalue weighted by atomic mass is 9.76. The van der Waals surface area contributed by atoms with E-state index in [1.165, 1.54) is 34.1 Å². The van der Waals surface area contributed by atoms with E-state index >= 15 is 0 Å². The van der Waals surface area contributed by atoms with Gasteiger partial charge in [0.25, 0.3) is 11.8 Å². The van der Waals surface area contributed by atoms with Crippen molar-refractivity contribution in [2.75, 3.05) is 15.1 Å². The molecule has 0 saturated carbocycles. The van der Waals surface area contributed by atoms with Gasteiger partial charge in [0.1, 0.15) is 0 Å². The second-order valence-corrected chi connectivity index (χ2v) is 10.7. The molecule has 1 aliphatic heterocycles. The van der Waals surface area contributed by atoms with E-state index in [4.69, 9.17) is 5.73 Å². The summed E-state index contributed by atoms with van der Waals surface area (Å²) in [5, 5.41) is 14.3. The van der Waals surface area contributed by atoms with Crippen LogP contribution in [0.1, 0.15) is 29.8 Å². The Bertz CT molecular complexity index is 1780. The summed E-state index contributed by atoms with van der Waals surface area (Å²) in [5.41, 5.74) is 5.83. The molecule has 2 unspecified atom stereocenters. The number of carbonyl (C=O) groups excluding carboxylic acids is 4. The summed E-state index contributed by atoms with van der Waals surface area (Å²) in [6, 6.07) is 26.6. The summed E-state index contributed by atoms with van der Waals surface area (Å²) >= 11 is 0. The Morgan fingerprint density at radius 1 is 0.800 bits per heavy atom. The number of amides is 5. The minimum atomic E-state index is -1.83. The average Bonchev–Trinajstić information content (AvgIpc) is 3.11. The quantitative estimate of drug-likeness (QED) is 0.214. The highest BCUT2D eigenvalue weighted by atomic mass is 16.4. The first kappa shape index (κ1) is 30.5. The number of nitrogens with two attached hydrogens (primary N) is 1. The fourth-order valence-corrected chi connectivity index (χ4v) is 5.75. The predicted molar refractivity (Wildman–Crippen MR) is 169 cm³/mol. The van der Waals surface area contributed by atoms with E-state index in [1.54, 1.807) is 98.8 Å². The van der Waals surface area contributed by atoms with Gasteiger partial charge in [0.15, 0.2) is 11.6 Å². The molecule has 228 valence electrons. The number of hydrogen-bond acceptors (Lipinski definition) is 5. The van der Waals surface area contributed by atoms with Gasteiger partial charge in [-0.25, -0.2) is 9.59 Å². The van der Waals surface area contributed by atoms with Crippen LogP contribution in [0.4, 0.5) is 27.5 Å². The predicted octanol–water partition coefficient (Wildman–Crippen LogP) is 4.62. The van der Waals surface area contributed by atoms with Crippen LogP contribution in [-0.2, 0) is 19.9 Å². The Hall–Kier alpha value is -5.97. The number of fused-ring (bicyclic) bond motifs is 1. The van der Waals surface area contributed by atoms with E-state index in [9.17, 15) is 29.1 Å². The molecule has 5 rings (SSSR count). The second kappa shape index (κ2) is 12.3. The third kappa shape index (κ3) is 5.47. The third-order valence-corrected chi connectivity index (χ3v) is 7.73. The highest BCUT2D eigenvalue weighted by Crippen LogP contribution is 2.46. The number of hydrogen-bond donors (Lipinski definition) is 4. The molecule has 2 atom stereocenters. The van der Waals surface area contributed by atoms with Crippen molar-refractivity contribution in [1.29, 1.82) is 0 Å². The van der Waals surface area contributed by atoms with Crippen molar-refractivity contribution in [2.24, 2.45) is 11.7 Å². The first-order valence-electron chi connectivity index (χ1n) is 14.2. The third-order valence-electron chi connectivity index (χ3n) is 7.73. The molecule has 0 radical (unpaired) electrons. The van der Waals surface area contributed by atoms with Crippen molar-refractivity contribution in [2.45, 2.75) is 25.4 Å². The number of urea groups is 1. The molecule has 0 bridgehead atoms. The molecule has 4 aromatic carbocycles. The van der Waals surface area contributed by atoms with Crippen molar-refractivity contribution in [1.82, 2.24) is 5.32 Å². The number of carbonyl (C=O) groups is 5. The van der Waals surface area contributed by atoms with Gasteiger partial charge in [-0.1, -0.05) is 80.6 Å². The van der Waals surface area contributed by atoms with Crippen LogP contribution in [0.5, 0.6) is 0 Å². The highest BCUT2D eigenvalue weighted by Gasteiger charge is 2.55. The SMILES string of the molecule is CC(C)C(C(N)=O)(c1ccccc1)N1C(=O)C(NC(=O)Nc2cccc(C(=O)O)c2)C(=O)N(c2ccccc2)c2ccccc21. The number of nitrogens with zero attached hydrogens (tertiary/aromatic N) is 2. The molecule has 4 aromatic rings. The molecule has 0 saturated heterocycles. The van der Waals surface area contributed by atoms with Crippen molar-refractivity contribution >= 4 is 52.5 Å². The Morgan fingerprint density at radius 2 is 1.40 bits per heavy atom. The van der Waals surface area contributed by atoms with Crippen LogP contribution in [0, 0.1) is 5.92 Å². The van der Waals surface area contributed by atoms with E-state index in [0.29, 0.717) is 16.9 Å². The van der Waals surface area contributed by atoms with Gasteiger partial charge in [-0.2, -0.15) is 0 Å². The lowest BCUT2D eigenvalue weighted by Gasteiger charge is -2.45. The van der Waals surface area contributed by atoms with Gasteiger partial charge in [-0.15, -0.1) is 0 Å². The van der Waals surface area contributed by atoms with Gasteiger partial charge in [0, 0.05) is 11.4 Å². The number of rotatable bonds is 8. The Labute approximate surface area is 259 Å². The second-order valence-electron chi connectivity index (χ2n) is 10.7. The zero-order valence-corrected chi connectivity index (χ0v) is 24.5. The summed E-state index contributed by atoms with van der Waals surface area (Å²) in [4.78, 5) is 70.3. The number of anilines is 4. The lowest BCUT2D eigenvalue weighted by molar-refractivity contribution is -0.134. The monoisotopic (exact) mass is 605 g/mol. The van der Waals surface area contributed by atoms with E-state index < -0.39 is 47.2 Å². The van der Waals surface area contributed by atoms with Crippen LogP contribution in [0.3, 0.4) is 0 Å². The van der Waals surface area contributed by atoms with Gasteiger partial charge in [0.2, 0.25) is 5.91 Å². The fraction of sp³-hybridized carbons (Fsp3) is 0.147. The average molecular weight is 606 g/mol. The number of carboxylic acids is 1. The Morgan fingerprint density at radius 3 is 2.00 bits per heavy atom. The molecular formula is C34H31N5O6. The molecular weight excluding hydrogens is 574 g/mol. The Kier molecular flexibility index (Phi) is 8.35. The minimum Gasteiger partial charge on any atom is -0.478 e. The smallest absolute Gasteiger partial charge is 0.335 e. The Balaban J connectivity index is 1.71. The standard InChI is InChI=1S/C34H31N5O6/c1-21(2)34(32(35)44,23-13-5-3-6-14-23)39-27-19-10-9-18-26(27)38(25-16-7-4-8-17-25)29(40)28(30(39)41)37-33(45)36-24-15-11-12-22(20-24)31(42)43/h3-21,28H,1-2H3,(H2,35,44)(H,42,43)(H2,36,37,45). The number of nitrogens with one attached hydrogen (secondary N) is 2. The summed E-state index contributed by atoms with van der Waals surface area (Å²) in [6.07, 6.45) is 0. The van der Waals surface area contributed by atoms with E-state index in [-0.39, 0.29) is 16.9 Å². The van der Waals surface area contributed by atoms with Gasteiger partial charge < -0.3 is 21.5 Å².